The lowest BCUT2D eigenvalue weighted by molar-refractivity contribution is -0.120. The summed E-state index contributed by atoms with van der Waals surface area (Å²) >= 11 is 0. The summed E-state index contributed by atoms with van der Waals surface area (Å²) in [5.41, 5.74) is 7.42. The Balaban J connectivity index is 1.72. The van der Waals surface area contributed by atoms with E-state index in [1.54, 1.807) is 6.21 Å². The van der Waals surface area contributed by atoms with E-state index < -0.39 is 0 Å². The Bertz CT molecular complexity index is 855. The monoisotopic (exact) mass is 377 g/mol. The van der Waals surface area contributed by atoms with Crippen LogP contribution in [0.3, 0.4) is 0 Å². The Kier molecular flexibility index (Phi) is 5.87. The van der Waals surface area contributed by atoms with Crippen molar-refractivity contribution in [1.29, 1.82) is 0 Å². The second-order valence-electron chi connectivity index (χ2n) is 8.66. The number of fused-ring (bicyclic) bond motifs is 1. The predicted molar refractivity (Wildman–Crippen MR) is 117 cm³/mol. The largest absolute Gasteiger partial charge is 0.364 e. The van der Waals surface area contributed by atoms with Crippen LogP contribution in [0.1, 0.15) is 63.6 Å². The van der Waals surface area contributed by atoms with Gasteiger partial charge in [-0.05, 0) is 68.9 Å². The minimum Gasteiger partial charge on any atom is -0.364 e. The molecular weight excluding hydrogens is 346 g/mol. The third kappa shape index (κ3) is 4.44. The van der Waals surface area contributed by atoms with Gasteiger partial charge in [-0.3, -0.25) is 4.79 Å². The number of hydrogen-bond donors (Lipinski definition) is 1. The van der Waals surface area contributed by atoms with Crippen LogP contribution in [-0.2, 0) is 11.2 Å². The number of benzene rings is 2. The van der Waals surface area contributed by atoms with Gasteiger partial charge in [0.15, 0.2) is 0 Å². The van der Waals surface area contributed by atoms with Crippen molar-refractivity contribution in [2.24, 2.45) is 5.10 Å². The Morgan fingerprint density at radius 1 is 1.25 bits per heavy atom. The number of carbonyl (C=O) groups is 1. The molecule has 28 heavy (non-hydrogen) atoms. The van der Waals surface area contributed by atoms with E-state index in [0.717, 1.165) is 17.5 Å². The summed E-state index contributed by atoms with van der Waals surface area (Å²) in [7, 11) is 0. The van der Waals surface area contributed by atoms with Crippen molar-refractivity contribution in [2.45, 2.75) is 65.0 Å². The molecule has 1 aliphatic rings. The smallest absolute Gasteiger partial charge is 0.244 e. The van der Waals surface area contributed by atoms with E-state index in [2.05, 4.69) is 68.2 Å². The third-order valence-electron chi connectivity index (χ3n) is 5.43. The number of rotatable bonds is 5. The molecule has 0 spiro atoms. The van der Waals surface area contributed by atoms with Crippen molar-refractivity contribution in [3.63, 3.8) is 0 Å². The summed E-state index contributed by atoms with van der Waals surface area (Å²) in [6.07, 6.45) is 3.18. The van der Waals surface area contributed by atoms with E-state index >= 15 is 0 Å². The molecule has 0 saturated heterocycles. The number of carbonyl (C=O) groups excluding carboxylic acids is 1. The van der Waals surface area contributed by atoms with Gasteiger partial charge in [0.2, 0.25) is 5.91 Å². The highest BCUT2D eigenvalue weighted by molar-refractivity contribution is 5.84. The maximum atomic E-state index is 12.0. The standard InChI is InChI=1S/C24H31N3O/c1-17(2)27-22-12-11-20(13-21(22)18(3)15-24(27,4)5)16-25-26-23(28)14-19-9-7-6-8-10-19/h6-13,16-18H,14-15H2,1-5H3,(H,26,28)/b25-16-/t18-/m0/s1. The average Bonchev–Trinajstić information content (AvgIpc) is 2.62. The molecule has 1 aliphatic heterocycles. The molecule has 148 valence electrons. The van der Waals surface area contributed by atoms with Gasteiger partial charge in [-0.1, -0.05) is 43.3 Å². The lowest BCUT2D eigenvalue weighted by Gasteiger charge is -2.50. The Labute approximate surface area is 168 Å². The predicted octanol–water partition coefficient (Wildman–Crippen LogP) is 4.88. The Morgan fingerprint density at radius 3 is 2.64 bits per heavy atom. The zero-order chi connectivity index (χ0) is 20.3. The van der Waals surface area contributed by atoms with Crippen LogP contribution in [0.2, 0.25) is 0 Å². The maximum Gasteiger partial charge on any atom is 0.244 e. The highest BCUT2D eigenvalue weighted by Crippen LogP contribution is 2.44. The third-order valence-corrected chi connectivity index (χ3v) is 5.43. The second-order valence-corrected chi connectivity index (χ2v) is 8.66. The number of hydrazone groups is 1. The number of nitrogens with zero attached hydrogens (tertiary/aromatic N) is 2. The van der Waals surface area contributed by atoms with Crippen molar-refractivity contribution < 1.29 is 4.79 Å². The highest BCUT2D eigenvalue weighted by atomic mass is 16.2. The van der Waals surface area contributed by atoms with Crippen molar-refractivity contribution in [3.05, 3.63) is 65.2 Å². The van der Waals surface area contributed by atoms with E-state index in [0.29, 0.717) is 18.4 Å². The van der Waals surface area contributed by atoms with Crippen molar-refractivity contribution >= 4 is 17.8 Å². The lowest BCUT2D eigenvalue weighted by atomic mass is 9.79. The van der Waals surface area contributed by atoms with Gasteiger partial charge >= 0.3 is 0 Å². The van der Waals surface area contributed by atoms with Gasteiger partial charge < -0.3 is 4.90 Å². The van der Waals surface area contributed by atoms with Crippen LogP contribution in [0.25, 0.3) is 0 Å². The molecule has 1 heterocycles. The van der Waals surface area contributed by atoms with E-state index in [1.165, 1.54) is 11.3 Å². The molecular formula is C24H31N3O. The summed E-state index contributed by atoms with van der Waals surface area (Å²) < 4.78 is 0. The molecule has 0 unspecified atom stereocenters. The van der Waals surface area contributed by atoms with E-state index in [9.17, 15) is 4.79 Å². The molecule has 0 saturated carbocycles. The van der Waals surface area contributed by atoms with Gasteiger partial charge in [0, 0.05) is 17.3 Å². The topological polar surface area (TPSA) is 44.7 Å². The molecule has 1 N–H and O–H groups in total. The SMILES string of the molecule is CC(C)N1c2ccc(/C=N\NC(=O)Cc3ccccc3)cc2[C@@H](C)CC1(C)C. The molecule has 0 radical (unpaired) electrons. The van der Waals surface area contributed by atoms with E-state index in [4.69, 9.17) is 0 Å². The maximum absolute atomic E-state index is 12.0. The number of nitrogens with one attached hydrogen (secondary N) is 1. The minimum absolute atomic E-state index is 0.110. The molecule has 4 nitrogen and oxygen atoms in total. The summed E-state index contributed by atoms with van der Waals surface area (Å²) in [5, 5.41) is 4.16. The quantitative estimate of drug-likeness (QED) is 0.596. The van der Waals surface area contributed by atoms with E-state index in [1.807, 2.05) is 30.3 Å². The summed E-state index contributed by atoms with van der Waals surface area (Å²) in [5.74, 6) is 0.377. The first-order valence-electron chi connectivity index (χ1n) is 10.1. The highest BCUT2D eigenvalue weighted by Gasteiger charge is 2.37. The van der Waals surface area contributed by atoms with Crippen molar-refractivity contribution in [1.82, 2.24) is 5.43 Å². The van der Waals surface area contributed by atoms with Crippen molar-refractivity contribution in [2.75, 3.05) is 4.90 Å². The molecule has 1 atom stereocenters. The first-order valence-corrected chi connectivity index (χ1v) is 10.1. The van der Waals surface area contributed by atoms with Crippen LogP contribution >= 0.6 is 0 Å². The lowest BCUT2D eigenvalue weighted by Crippen LogP contribution is -2.51. The zero-order valence-electron chi connectivity index (χ0n) is 17.6. The molecule has 0 aromatic heterocycles. The zero-order valence-corrected chi connectivity index (χ0v) is 17.6. The Hall–Kier alpha value is -2.62. The summed E-state index contributed by atoms with van der Waals surface area (Å²) in [4.78, 5) is 14.6. The number of anilines is 1. The average molecular weight is 378 g/mol. The first-order chi connectivity index (χ1) is 13.3. The normalized spacial score (nSPS) is 18.4. The minimum atomic E-state index is -0.110. The number of hydrogen-bond acceptors (Lipinski definition) is 3. The van der Waals surface area contributed by atoms with Crippen LogP contribution in [0, 0.1) is 0 Å². The molecule has 2 aromatic carbocycles. The van der Waals surface area contributed by atoms with Gasteiger partial charge in [0.1, 0.15) is 0 Å². The molecule has 0 bridgehead atoms. The molecule has 0 aliphatic carbocycles. The molecule has 0 fully saturated rings. The van der Waals surface area contributed by atoms with Gasteiger partial charge in [-0.25, -0.2) is 5.43 Å². The summed E-state index contributed by atoms with van der Waals surface area (Å²) in [6.45, 7) is 11.4. The molecule has 1 amide bonds. The second kappa shape index (κ2) is 8.17. The molecule has 3 rings (SSSR count). The summed E-state index contributed by atoms with van der Waals surface area (Å²) in [6, 6.07) is 16.6. The molecule has 2 aromatic rings. The van der Waals surface area contributed by atoms with Gasteiger partial charge in [0.05, 0.1) is 12.6 Å². The number of amides is 1. The van der Waals surface area contributed by atoms with Crippen LogP contribution in [0.5, 0.6) is 0 Å². The fraction of sp³-hybridized carbons (Fsp3) is 0.417. The van der Waals surface area contributed by atoms with Gasteiger partial charge in [-0.15, -0.1) is 0 Å². The first kappa shape index (κ1) is 20.1. The van der Waals surface area contributed by atoms with Crippen LogP contribution in [0.15, 0.2) is 53.6 Å². The Morgan fingerprint density at radius 2 is 1.96 bits per heavy atom. The van der Waals surface area contributed by atoms with Crippen LogP contribution in [0.4, 0.5) is 5.69 Å². The van der Waals surface area contributed by atoms with Gasteiger partial charge in [0.25, 0.3) is 0 Å². The fourth-order valence-electron chi connectivity index (χ4n) is 4.53. The van der Waals surface area contributed by atoms with Crippen LogP contribution < -0.4 is 10.3 Å². The van der Waals surface area contributed by atoms with Crippen molar-refractivity contribution in [3.8, 4) is 0 Å². The molecule has 4 heteroatoms. The van der Waals surface area contributed by atoms with Crippen LogP contribution in [-0.4, -0.2) is 23.7 Å². The van der Waals surface area contributed by atoms with E-state index in [-0.39, 0.29) is 11.4 Å². The van der Waals surface area contributed by atoms with Gasteiger partial charge in [-0.2, -0.15) is 5.10 Å². The fourth-order valence-corrected chi connectivity index (χ4v) is 4.53.